The van der Waals surface area contributed by atoms with Gasteiger partial charge < -0.3 is 19.5 Å². The van der Waals surface area contributed by atoms with Gasteiger partial charge in [0.05, 0.1) is 38.2 Å². The van der Waals surface area contributed by atoms with E-state index < -0.39 is 50.3 Å². The number of piperidine rings is 1. The number of fused-ring (bicyclic) bond motifs is 2. The molecular weight excluding hydrogens is 701 g/mol. The van der Waals surface area contributed by atoms with Crippen LogP contribution in [-0.4, -0.2) is 89.6 Å². The van der Waals surface area contributed by atoms with Crippen molar-refractivity contribution in [2.75, 3.05) is 33.4 Å². The first kappa shape index (κ1) is 35.9. The number of sulfonamides is 1. The molecule has 3 aliphatic rings. The number of alkyl halides is 3. The van der Waals surface area contributed by atoms with Gasteiger partial charge in [0.2, 0.25) is 15.9 Å². The molecule has 52 heavy (non-hydrogen) atoms. The van der Waals surface area contributed by atoms with Crippen LogP contribution in [0.4, 0.5) is 13.2 Å². The molecule has 1 spiro atoms. The SMILES string of the molecule is COc1ccccc1-n1cc(CO[C@@H]2C[C@H]3C(=O)NC4(CCOc5ccc(C(F)(F)F)cc5S(=O)(=O)N3C2)CCN(Cc2ccccc2)CC4)nn1. The summed E-state index contributed by atoms with van der Waals surface area (Å²) in [5.74, 6) is -0.144. The Bertz CT molecular complexity index is 2000. The van der Waals surface area contributed by atoms with Gasteiger partial charge in [0.15, 0.2) is 0 Å². The molecular formula is C36H39F3N6O6S. The van der Waals surface area contributed by atoms with E-state index in [0.717, 1.165) is 23.0 Å². The number of para-hydroxylation sites is 2. The number of nitrogens with one attached hydrogen (secondary N) is 1. The molecule has 0 bridgehead atoms. The summed E-state index contributed by atoms with van der Waals surface area (Å²) in [6.07, 6.45) is -2.44. The number of rotatable bonds is 7. The van der Waals surface area contributed by atoms with Crippen LogP contribution in [0.15, 0.2) is 83.9 Å². The van der Waals surface area contributed by atoms with Gasteiger partial charge in [0.1, 0.15) is 33.8 Å². The van der Waals surface area contributed by atoms with Gasteiger partial charge in [-0.15, -0.1) is 5.10 Å². The molecule has 0 aliphatic carbocycles. The predicted octanol–water partition coefficient (Wildman–Crippen LogP) is 4.58. The second-order valence-corrected chi connectivity index (χ2v) is 15.2. The number of nitrogens with zero attached hydrogens (tertiary/aromatic N) is 5. The van der Waals surface area contributed by atoms with Gasteiger partial charge >= 0.3 is 6.18 Å². The van der Waals surface area contributed by atoms with Crippen molar-refractivity contribution in [2.24, 2.45) is 0 Å². The van der Waals surface area contributed by atoms with E-state index in [1.54, 1.807) is 19.4 Å². The number of benzene rings is 3. The van der Waals surface area contributed by atoms with Crippen molar-refractivity contribution < 1.29 is 40.6 Å². The molecule has 2 atom stereocenters. The first-order valence-corrected chi connectivity index (χ1v) is 18.5. The van der Waals surface area contributed by atoms with Gasteiger partial charge in [-0.25, -0.2) is 13.1 Å². The van der Waals surface area contributed by atoms with Crippen molar-refractivity contribution in [1.82, 2.24) is 29.5 Å². The highest BCUT2D eigenvalue weighted by Gasteiger charge is 2.48. The molecule has 7 rings (SSSR count). The van der Waals surface area contributed by atoms with Crippen LogP contribution in [0.2, 0.25) is 0 Å². The monoisotopic (exact) mass is 740 g/mol. The van der Waals surface area contributed by atoms with Crippen molar-refractivity contribution in [3.8, 4) is 17.2 Å². The van der Waals surface area contributed by atoms with Crippen LogP contribution in [0.3, 0.4) is 0 Å². The van der Waals surface area contributed by atoms with Gasteiger partial charge in [0, 0.05) is 44.6 Å². The molecule has 4 aromatic rings. The molecule has 2 fully saturated rings. The number of hydrogen-bond acceptors (Lipinski definition) is 9. The number of carbonyl (C=O) groups is 1. The maximum atomic E-state index is 14.3. The minimum Gasteiger partial charge on any atom is -0.494 e. The van der Waals surface area contributed by atoms with Gasteiger partial charge in [-0.3, -0.25) is 9.69 Å². The van der Waals surface area contributed by atoms with Crippen molar-refractivity contribution in [1.29, 1.82) is 0 Å². The third-order valence-corrected chi connectivity index (χ3v) is 11.9. The molecule has 1 N–H and O–H groups in total. The number of hydrogen-bond donors (Lipinski definition) is 1. The van der Waals surface area contributed by atoms with Crippen LogP contribution < -0.4 is 14.8 Å². The van der Waals surface area contributed by atoms with Gasteiger partial charge in [-0.1, -0.05) is 47.7 Å². The molecule has 3 aromatic carbocycles. The molecule has 0 unspecified atom stereocenters. The van der Waals surface area contributed by atoms with Crippen molar-refractivity contribution in [3.63, 3.8) is 0 Å². The van der Waals surface area contributed by atoms with E-state index >= 15 is 0 Å². The number of aromatic nitrogens is 3. The lowest BCUT2D eigenvalue weighted by Crippen LogP contribution is -2.59. The lowest BCUT2D eigenvalue weighted by Gasteiger charge is -2.43. The van der Waals surface area contributed by atoms with E-state index in [1.165, 1.54) is 10.2 Å². The molecule has 12 nitrogen and oxygen atoms in total. The summed E-state index contributed by atoms with van der Waals surface area (Å²) in [5.41, 5.74) is 0.410. The summed E-state index contributed by atoms with van der Waals surface area (Å²) in [6.45, 7) is 1.77. The molecule has 1 amide bonds. The normalized spacial score (nSPS) is 22.1. The maximum absolute atomic E-state index is 14.3. The standard InChI is InChI=1S/C36H39F3N6O6S/c1-49-31-10-6-5-9-29(31)44-22-27(41-42-44)24-51-28-20-30-34(46)40-35(13-16-43(17-14-35)21-25-7-3-2-4-8-25)15-18-50-32-12-11-26(36(37,38)39)19-33(32)52(47,48)45(30)23-28/h2-12,19,22,28,30H,13-18,20-21,23-24H2,1H3,(H,40,46)/t28-,30+/m1/s1. The van der Waals surface area contributed by atoms with E-state index in [2.05, 4.69) is 32.7 Å². The zero-order valence-corrected chi connectivity index (χ0v) is 29.3. The second kappa shape index (κ2) is 14.5. The summed E-state index contributed by atoms with van der Waals surface area (Å²) in [6, 6.07) is 18.5. The van der Waals surface area contributed by atoms with Crippen molar-refractivity contribution in [2.45, 2.75) is 67.6 Å². The van der Waals surface area contributed by atoms with Gasteiger partial charge in [-0.05, 0) is 48.7 Å². The molecule has 0 saturated carbocycles. The van der Waals surface area contributed by atoms with Crippen LogP contribution in [0.1, 0.15) is 42.5 Å². The van der Waals surface area contributed by atoms with E-state index in [4.69, 9.17) is 14.2 Å². The number of carbonyl (C=O) groups excluding carboxylic acids is 1. The topological polar surface area (TPSA) is 128 Å². The lowest BCUT2D eigenvalue weighted by molar-refractivity contribution is -0.137. The first-order chi connectivity index (χ1) is 24.9. The Hall–Kier alpha value is -4.51. The largest absolute Gasteiger partial charge is 0.494 e. The predicted molar refractivity (Wildman–Crippen MR) is 182 cm³/mol. The van der Waals surface area contributed by atoms with Crippen LogP contribution in [0, 0.1) is 0 Å². The molecule has 2 saturated heterocycles. The number of ether oxygens (including phenoxy) is 3. The van der Waals surface area contributed by atoms with Crippen LogP contribution >= 0.6 is 0 Å². The van der Waals surface area contributed by atoms with Crippen molar-refractivity contribution >= 4 is 15.9 Å². The van der Waals surface area contributed by atoms with E-state index in [9.17, 15) is 26.4 Å². The first-order valence-electron chi connectivity index (χ1n) is 17.0. The Morgan fingerprint density at radius 3 is 2.52 bits per heavy atom. The Kier molecular flexibility index (Phi) is 9.99. The average Bonchev–Trinajstić information content (AvgIpc) is 3.80. The fourth-order valence-electron chi connectivity index (χ4n) is 7.15. The van der Waals surface area contributed by atoms with Crippen LogP contribution in [-0.2, 0) is 38.9 Å². The lowest BCUT2D eigenvalue weighted by atomic mass is 9.84. The number of amides is 1. The summed E-state index contributed by atoms with van der Waals surface area (Å²) in [4.78, 5) is 15.8. The summed E-state index contributed by atoms with van der Waals surface area (Å²) in [5, 5.41) is 11.5. The highest BCUT2D eigenvalue weighted by atomic mass is 32.2. The zero-order chi connectivity index (χ0) is 36.5. The van der Waals surface area contributed by atoms with Crippen molar-refractivity contribution in [3.05, 3.63) is 95.8 Å². The highest BCUT2D eigenvalue weighted by Crippen LogP contribution is 2.39. The molecule has 4 heterocycles. The Morgan fingerprint density at radius 2 is 1.77 bits per heavy atom. The Balaban J connectivity index is 1.14. The van der Waals surface area contributed by atoms with E-state index in [0.29, 0.717) is 55.5 Å². The molecule has 0 radical (unpaired) electrons. The zero-order valence-electron chi connectivity index (χ0n) is 28.5. The van der Waals surface area contributed by atoms with E-state index in [1.807, 2.05) is 36.4 Å². The maximum Gasteiger partial charge on any atom is 0.416 e. The van der Waals surface area contributed by atoms with Crippen LogP contribution in [0.5, 0.6) is 11.5 Å². The summed E-state index contributed by atoms with van der Waals surface area (Å²) >= 11 is 0. The minimum absolute atomic E-state index is 0.00120. The molecule has 1 aromatic heterocycles. The van der Waals surface area contributed by atoms with E-state index in [-0.39, 0.29) is 31.9 Å². The molecule has 276 valence electrons. The third kappa shape index (κ3) is 7.51. The smallest absolute Gasteiger partial charge is 0.416 e. The third-order valence-electron chi connectivity index (χ3n) is 10.0. The number of halogens is 3. The fourth-order valence-corrected chi connectivity index (χ4v) is 8.94. The Morgan fingerprint density at radius 1 is 1.02 bits per heavy atom. The second-order valence-electron chi connectivity index (χ2n) is 13.4. The summed E-state index contributed by atoms with van der Waals surface area (Å²) in [7, 11) is -3.14. The fraction of sp³-hybridized carbons (Fsp3) is 0.417. The van der Waals surface area contributed by atoms with Gasteiger partial charge in [0.25, 0.3) is 0 Å². The van der Waals surface area contributed by atoms with Gasteiger partial charge in [-0.2, -0.15) is 17.5 Å². The quantitative estimate of drug-likeness (QED) is 0.290. The molecule has 3 aliphatic heterocycles. The van der Waals surface area contributed by atoms with Crippen LogP contribution in [0.25, 0.3) is 5.69 Å². The average molecular weight is 741 g/mol. The molecule has 16 heteroatoms. The highest BCUT2D eigenvalue weighted by molar-refractivity contribution is 7.89. The Labute approximate surface area is 299 Å². The summed E-state index contributed by atoms with van der Waals surface area (Å²) < 4.78 is 90.1. The minimum atomic E-state index is -4.80. The number of likely N-dealkylation sites (tertiary alicyclic amines) is 1. The number of methoxy groups -OCH3 is 1.